The van der Waals surface area contributed by atoms with Gasteiger partial charge in [0.2, 0.25) is 11.8 Å². The van der Waals surface area contributed by atoms with Crippen molar-refractivity contribution in [2.24, 2.45) is 5.92 Å². The first kappa shape index (κ1) is 29.3. The van der Waals surface area contributed by atoms with E-state index in [0.29, 0.717) is 29.2 Å². The number of carbonyl (C=O) groups is 3. The van der Waals surface area contributed by atoms with Crippen molar-refractivity contribution in [3.8, 4) is 0 Å². The number of aliphatic hydroxyl groups excluding tert-OH is 1. The number of nitrogens with one attached hydrogen (secondary N) is 2. The first-order valence-corrected chi connectivity index (χ1v) is 15.0. The number of anilines is 3. The largest absolute Gasteiger partial charge is 0.394 e. The normalized spacial score (nSPS) is 20.4. The van der Waals surface area contributed by atoms with Crippen LogP contribution in [0.15, 0.2) is 91.1 Å². The number of nitrogens with zero attached hydrogens (tertiary/aromatic N) is 2. The topological polar surface area (TPSA) is 126 Å². The van der Waals surface area contributed by atoms with E-state index in [9.17, 15) is 24.6 Å². The molecule has 1 aromatic heterocycles. The zero-order chi connectivity index (χ0) is 30.8. The number of para-hydroxylation sites is 2. The average Bonchev–Trinajstić information content (AvgIpc) is 3.74. The van der Waals surface area contributed by atoms with E-state index in [1.807, 2.05) is 48.7 Å². The molecule has 3 amide bonds. The van der Waals surface area contributed by atoms with Gasteiger partial charge in [-0.1, -0.05) is 55.5 Å². The molecule has 4 N–H and O–H groups in total. The zero-order valence-electron chi connectivity index (χ0n) is 24.6. The van der Waals surface area contributed by atoms with E-state index in [4.69, 9.17) is 0 Å². The van der Waals surface area contributed by atoms with Crippen LogP contribution in [0.3, 0.4) is 0 Å². The Morgan fingerprint density at radius 2 is 1.89 bits per heavy atom. The molecule has 226 valence electrons. The van der Waals surface area contributed by atoms with Gasteiger partial charge in [0.1, 0.15) is 0 Å². The van der Waals surface area contributed by atoms with Gasteiger partial charge in [0.25, 0.3) is 5.91 Å². The van der Waals surface area contributed by atoms with Crippen molar-refractivity contribution >= 4 is 45.7 Å². The van der Waals surface area contributed by atoms with Crippen molar-refractivity contribution in [1.82, 2.24) is 9.88 Å². The molecule has 6 rings (SSSR count). The fourth-order valence-corrected chi connectivity index (χ4v) is 6.42. The molecule has 3 atom stereocenters. The second-order valence-corrected chi connectivity index (χ2v) is 11.5. The number of rotatable bonds is 9. The molecule has 0 spiro atoms. The van der Waals surface area contributed by atoms with Gasteiger partial charge in [0.15, 0.2) is 5.60 Å². The Balaban J connectivity index is 1.26. The molecule has 0 radical (unpaired) electrons. The van der Waals surface area contributed by atoms with Gasteiger partial charge >= 0.3 is 0 Å². The quantitative estimate of drug-likeness (QED) is 0.208. The van der Waals surface area contributed by atoms with Crippen LogP contribution in [0.5, 0.6) is 0 Å². The molecule has 4 aromatic rings. The predicted molar refractivity (Wildman–Crippen MR) is 169 cm³/mol. The fraction of sp³-hybridized carbons (Fsp3) is 0.286. The third-order valence-corrected chi connectivity index (χ3v) is 8.79. The predicted octanol–water partition coefficient (Wildman–Crippen LogP) is 4.78. The minimum absolute atomic E-state index is 0.0626. The number of hydrogen-bond acceptors (Lipinski definition) is 5. The van der Waals surface area contributed by atoms with Crippen molar-refractivity contribution in [2.75, 3.05) is 23.4 Å². The first-order chi connectivity index (χ1) is 21.3. The lowest BCUT2D eigenvalue weighted by atomic mass is 9.82. The highest BCUT2D eigenvalue weighted by Gasteiger charge is 2.53. The average molecular weight is 593 g/mol. The summed E-state index contributed by atoms with van der Waals surface area (Å²) in [6.45, 7) is 2.29. The fourth-order valence-electron chi connectivity index (χ4n) is 6.42. The van der Waals surface area contributed by atoms with E-state index in [0.717, 1.165) is 29.3 Å². The lowest BCUT2D eigenvalue weighted by Gasteiger charge is -2.28. The van der Waals surface area contributed by atoms with Crippen LogP contribution in [-0.4, -0.2) is 57.0 Å². The summed E-state index contributed by atoms with van der Waals surface area (Å²) >= 11 is 0. The SMILES string of the molecule is C[C@@H](/C=C/CC(=O)N1CCC[C@H]1CO)[C@]1(O)C(=O)N(c2ccccc2)c2ccc(NC(=O)Cc3c[nH]c4ccccc34)cc21. The number of carbonyl (C=O) groups excluding carboxylic acids is 3. The molecule has 2 aliphatic rings. The Morgan fingerprint density at radius 3 is 2.68 bits per heavy atom. The Bertz CT molecular complexity index is 1730. The molecule has 0 unspecified atom stereocenters. The van der Waals surface area contributed by atoms with E-state index >= 15 is 0 Å². The first-order valence-electron chi connectivity index (χ1n) is 15.0. The summed E-state index contributed by atoms with van der Waals surface area (Å²) in [5, 5.41) is 25.7. The summed E-state index contributed by atoms with van der Waals surface area (Å²) in [6.07, 6.45) is 7.10. The van der Waals surface area contributed by atoms with Crippen LogP contribution in [0.2, 0.25) is 0 Å². The standard InChI is InChI=1S/C35H36N4O5/c1-23(9-7-15-33(42)38-18-8-12-27(38)22-40)35(44)29-20-25(16-17-31(29)39(34(35)43)26-10-3-2-4-11-26)37-32(41)19-24-21-36-30-14-6-5-13-28(24)30/h2-7,9-11,13-14,16-17,20-21,23,27,36,40,44H,8,12,15,18-19,22H2,1H3,(H,37,41)/b9-7+/t23-,27-,35+/m0/s1. The minimum Gasteiger partial charge on any atom is -0.394 e. The molecule has 3 heterocycles. The Hall–Kier alpha value is -4.73. The third kappa shape index (κ3) is 5.29. The molecule has 1 fully saturated rings. The number of aromatic amines is 1. The molecule has 0 bridgehead atoms. The molecule has 0 aliphatic carbocycles. The Morgan fingerprint density at radius 1 is 1.11 bits per heavy atom. The monoisotopic (exact) mass is 592 g/mol. The van der Waals surface area contributed by atoms with Crippen molar-refractivity contribution in [1.29, 1.82) is 0 Å². The summed E-state index contributed by atoms with van der Waals surface area (Å²) in [4.78, 5) is 46.3. The van der Waals surface area contributed by atoms with Crippen molar-refractivity contribution in [3.63, 3.8) is 0 Å². The zero-order valence-corrected chi connectivity index (χ0v) is 24.6. The van der Waals surface area contributed by atoms with E-state index in [1.54, 1.807) is 54.3 Å². The maximum absolute atomic E-state index is 14.0. The second kappa shape index (κ2) is 12.1. The van der Waals surface area contributed by atoms with E-state index in [1.165, 1.54) is 4.90 Å². The molecule has 3 aromatic carbocycles. The van der Waals surface area contributed by atoms with Crippen LogP contribution in [0.25, 0.3) is 10.9 Å². The molecule has 0 saturated carbocycles. The number of amides is 3. The van der Waals surface area contributed by atoms with Gasteiger partial charge in [0.05, 0.1) is 24.8 Å². The van der Waals surface area contributed by atoms with Crippen LogP contribution >= 0.6 is 0 Å². The lowest BCUT2D eigenvalue weighted by molar-refractivity contribution is -0.138. The number of aromatic nitrogens is 1. The second-order valence-electron chi connectivity index (χ2n) is 11.5. The summed E-state index contributed by atoms with van der Waals surface area (Å²) < 4.78 is 0. The number of fused-ring (bicyclic) bond motifs is 2. The summed E-state index contributed by atoms with van der Waals surface area (Å²) in [7, 11) is 0. The van der Waals surface area contributed by atoms with Crippen LogP contribution in [0.1, 0.15) is 37.3 Å². The molecule has 9 nitrogen and oxygen atoms in total. The molecular weight excluding hydrogens is 556 g/mol. The summed E-state index contributed by atoms with van der Waals surface area (Å²) in [6, 6.07) is 21.9. The van der Waals surface area contributed by atoms with E-state index in [2.05, 4.69) is 10.3 Å². The summed E-state index contributed by atoms with van der Waals surface area (Å²) in [5.41, 5.74) is 1.86. The number of likely N-dealkylation sites (tertiary alicyclic amines) is 1. The van der Waals surface area contributed by atoms with Crippen molar-refractivity contribution in [2.45, 2.75) is 44.2 Å². The van der Waals surface area contributed by atoms with Crippen molar-refractivity contribution in [3.05, 3.63) is 102 Å². The van der Waals surface area contributed by atoms with Gasteiger partial charge in [-0.15, -0.1) is 0 Å². The highest BCUT2D eigenvalue weighted by atomic mass is 16.3. The van der Waals surface area contributed by atoms with Crippen LogP contribution < -0.4 is 10.2 Å². The molecular formula is C35H36N4O5. The Labute approximate surface area is 255 Å². The van der Waals surface area contributed by atoms with Gasteiger partial charge in [-0.05, 0) is 54.8 Å². The van der Waals surface area contributed by atoms with E-state index < -0.39 is 17.4 Å². The molecule has 2 aliphatic heterocycles. The number of H-pyrrole nitrogens is 1. The van der Waals surface area contributed by atoms with E-state index in [-0.39, 0.29) is 37.3 Å². The molecule has 1 saturated heterocycles. The number of hydrogen-bond donors (Lipinski definition) is 4. The smallest absolute Gasteiger partial charge is 0.268 e. The van der Waals surface area contributed by atoms with Gasteiger partial charge < -0.3 is 25.4 Å². The summed E-state index contributed by atoms with van der Waals surface area (Å²) in [5.74, 6) is -1.53. The van der Waals surface area contributed by atoms with Crippen LogP contribution in [-0.2, 0) is 26.4 Å². The van der Waals surface area contributed by atoms with Gasteiger partial charge in [-0.25, -0.2) is 0 Å². The third-order valence-electron chi connectivity index (χ3n) is 8.79. The van der Waals surface area contributed by atoms with Gasteiger partial charge in [-0.3, -0.25) is 19.3 Å². The maximum atomic E-state index is 14.0. The lowest BCUT2D eigenvalue weighted by Crippen LogP contribution is -2.42. The minimum atomic E-state index is -1.94. The number of aliphatic hydroxyl groups is 2. The Kier molecular flexibility index (Phi) is 8.07. The van der Waals surface area contributed by atoms with Gasteiger partial charge in [-0.2, -0.15) is 0 Å². The maximum Gasteiger partial charge on any atom is 0.268 e. The van der Waals surface area contributed by atoms with Crippen LogP contribution in [0, 0.1) is 5.92 Å². The highest BCUT2D eigenvalue weighted by Crippen LogP contribution is 2.49. The number of benzene rings is 3. The molecule has 9 heteroatoms. The van der Waals surface area contributed by atoms with Crippen molar-refractivity contribution < 1.29 is 24.6 Å². The van der Waals surface area contributed by atoms with Gasteiger partial charge in [0, 0.05) is 52.9 Å². The van der Waals surface area contributed by atoms with Crippen LogP contribution in [0.4, 0.5) is 17.1 Å². The highest BCUT2D eigenvalue weighted by molar-refractivity contribution is 6.12. The molecule has 44 heavy (non-hydrogen) atoms.